The number of rotatable bonds is 9. The van der Waals surface area contributed by atoms with E-state index in [1.54, 1.807) is 0 Å². The first-order valence-corrected chi connectivity index (χ1v) is 7.45. The fourth-order valence-corrected chi connectivity index (χ4v) is 1.91. The van der Waals surface area contributed by atoms with Gasteiger partial charge in [-0.25, -0.2) is 4.98 Å². The second-order valence-corrected chi connectivity index (χ2v) is 5.36. The third-order valence-corrected chi connectivity index (χ3v) is 2.94. The first-order valence-electron chi connectivity index (χ1n) is 7.45. The predicted octanol–water partition coefficient (Wildman–Crippen LogP) is 3.00. The zero-order valence-electron chi connectivity index (χ0n) is 13.5. The van der Waals surface area contributed by atoms with Gasteiger partial charge in [0.2, 0.25) is 5.88 Å². The molecular weight excluding hydrogens is 252 g/mol. The molecule has 0 bridgehead atoms. The first-order chi connectivity index (χ1) is 9.54. The molecule has 0 fully saturated rings. The number of ether oxygens (including phenoxy) is 2. The molecule has 1 N–H and O–H groups in total. The van der Waals surface area contributed by atoms with E-state index < -0.39 is 0 Å². The standard InChI is InChI=1S/C16H28N2O2/c1-6-7-19-8-9-20-16-15(11-17-12(2)3)13(4)10-14(5)18-16/h10,12,17H,6-9,11H2,1-5H3. The van der Waals surface area contributed by atoms with E-state index in [2.05, 4.69) is 44.1 Å². The minimum atomic E-state index is 0.441. The van der Waals surface area contributed by atoms with Crippen LogP contribution in [0.4, 0.5) is 0 Å². The van der Waals surface area contributed by atoms with Crippen molar-refractivity contribution in [2.75, 3.05) is 19.8 Å². The van der Waals surface area contributed by atoms with Crippen molar-refractivity contribution in [2.24, 2.45) is 0 Å². The van der Waals surface area contributed by atoms with E-state index in [9.17, 15) is 0 Å². The number of pyridine rings is 1. The maximum absolute atomic E-state index is 5.80. The molecule has 1 heterocycles. The average molecular weight is 280 g/mol. The smallest absolute Gasteiger partial charge is 0.218 e. The van der Waals surface area contributed by atoms with Crippen molar-refractivity contribution in [2.45, 2.75) is 53.6 Å². The van der Waals surface area contributed by atoms with Gasteiger partial charge in [0.15, 0.2) is 0 Å². The number of hydrogen-bond donors (Lipinski definition) is 1. The van der Waals surface area contributed by atoms with Gasteiger partial charge in [0.05, 0.1) is 6.61 Å². The quantitative estimate of drug-likeness (QED) is 0.706. The molecule has 0 aromatic carbocycles. The van der Waals surface area contributed by atoms with Crippen LogP contribution in [0.25, 0.3) is 0 Å². The minimum Gasteiger partial charge on any atom is -0.475 e. The zero-order chi connectivity index (χ0) is 15.0. The lowest BCUT2D eigenvalue weighted by Gasteiger charge is -2.16. The maximum atomic E-state index is 5.80. The summed E-state index contributed by atoms with van der Waals surface area (Å²) in [6.07, 6.45) is 1.03. The van der Waals surface area contributed by atoms with Gasteiger partial charge in [0, 0.05) is 30.5 Å². The summed E-state index contributed by atoms with van der Waals surface area (Å²) in [6, 6.07) is 2.54. The van der Waals surface area contributed by atoms with Crippen LogP contribution < -0.4 is 10.1 Å². The first kappa shape index (κ1) is 16.9. The maximum Gasteiger partial charge on any atom is 0.218 e. The Morgan fingerprint density at radius 3 is 2.60 bits per heavy atom. The number of nitrogens with one attached hydrogen (secondary N) is 1. The number of nitrogens with zero attached hydrogens (tertiary/aromatic N) is 1. The van der Waals surface area contributed by atoms with Crippen LogP contribution in [0.5, 0.6) is 5.88 Å². The van der Waals surface area contributed by atoms with E-state index in [-0.39, 0.29) is 0 Å². The van der Waals surface area contributed by atoms with E-state index in [1.165, 1.54) is 5.56 Å². The van der Waals surface area contributed by atoms with Crippen LogP contribution in [-0.4, -0.2) is 30.8 Å². The lowest BCUT2D eigenvalue weighted by atomic mass is 10.1. The molecule has 1 aromatic rings. The fourth-order valence-electron chi connectivity index (χ4n) is 1.91. The van der Waals surface area contributed by atoms with Crippen molar-refractivity contribution in [3.63, 3.8) is 0 Å². The molecule has 1 rings (SSSR count). The van der Waals surface area contributed by atoms with E-state index in [4.69, 9.17) is 9.47 Å². The zero-order valence-corrected chi connectivity index (χ0v) is 13.5. The molecule has 0 aliphatic rings. The van der Waals surface area contributed by atoms with Gasteiger partial charge in [-0.15, -0.1) is 0 Å². The Balaban J connectivity index is 2.66. The summed E-state index contributed by atoms with van der Waals surface area (Å²) in [5.41, 5.74) is 3.34. The molecule has 0 aliphatic carbocycles. The predicted molar refractivity (Wildman–Crippen MR) is 82.3 cm³/mol. The molecule has 0 amide bonds. The van der Waals surface area contributed by atoms with Gasteiger partial charge in [-0.2, -0.15) is 0 Å². The van der Waals surface area contributed by atoms with Gasteiger partial charge in [0.1, 0.15) is 6.61 Å². The Morgan fingerprint density at radius 2 is 1.95 bits per heavy atom. The van der Waals surface area contributed by atoms with E-state index in [0.29, 0.717) is 19.3 Å². The van der Waals surface area contributed by atoms with Crippen LogP contribution in [0, 0.1) is 13.8 Å². The molecule has 0 radical (unpaired) electrons. The van der Waals surface area contributed by atoms with E-state index in [1.807, 2.05) is 6.92 Å². The van der Waals surface area contributed by atoms with Crippen molar-refractivity contribution < 1.29 is 9.47 Å². The third kappa shape index (κ3) is 5.88. The molecule has 1 aromatic heterocycles. The normalized spacial score (nSPS) is 11.1. The molecule has 0 saturated heterocycles. The van der Waals surface area contributed by atoms with Crippen molar-refractivity contribution >= 4 is 0 Å². The van der Waals surface area contributed by atoms with Gasteiger partial charge in [-0.3, -0.25) is 0 Å². The van der Waals surface area contributed by atoms with Crippen LogP contribution in [0.1, 0.15) is 44.0 Å². The van der Waals surface area contributed by atoms with Crippen molar-refractivity contribution in [3.8, 4) is 5.88 Å². The Morgan fingerprint density at radius 1 is 1.20 bits per heavy atom. The van der Waals surface area contributed by atoms with Crippen LogP contribution in [0.3, 0.4) is 0 Å². The molecule has 4 nitrogen and oxygen atoms in total. The van der Waals surface area contributed by atoms with E-state index in [0.717, 1.165) is 36.7 Å². The topological polar surface area (TPSA) is 43.4 Å². The van der Waals surface area contributed by atoms with Crippen molar-refractivity contribution in [1.29, 1.82) is 0 Å². The van der Waals surface area contributed by atoms with Gasteiger partial charge in [0.25, 0.3) is 0 Å². The van der Waals surface area contributed by atoms with Gasteiger partial charge >= 0.3 is 0 Å². The molecule has 0 atom stereocenters. The highest BCUT2D eigenvalue weighted by Crippen LogP contribution is 2.21. The van der Waals surface area contributed by atoms with Crippen LogP contribution in [0.2, 0.25) is 0 Å². The summed E-state index contributed by atoms with van der Waals surface area (Å²) in [5, 5.41) is 3.42. The van der Waals surface area contributed by atoms with Crippen LogP contribution in [0.15, 0.2) is 6.07 Å². The summed E-state index contributed by atoms with van der Waals surface area (Å²) >= 11 is 0. The Hall–Kier alpha value is -1.13. The Kier molecular flexibility index (Phi) is 7.55. The van der Waals surface area contributed by atoms with Crippen LogP contribution >= 0.6 is 0 Å². The molecular formula is C16H28N2O2. The average Bonchev–Trinajstić information content (AvgIpc) is 2.36. The highest BCUT2D eigenvalue weighted by atomic mass is 16.5. The summed E-state index contributed by atoms with van der Waals surface area (Å²) in [4.78, 5) is 4.51. The summed E-state index contributed by atoms with van der Waals surface area (Å²) in [7, 11) is 0. The Bertz CT molecular complexity index is 406. The van der Waals surface area contributed by atoms with Crippen LogP contribution in [-0.2, 0) is 11.3 Å². The minimum absolute atomic E-state index is 0.441. The number of hydrogen-bond acceptors (Lipinski definition) is 4. The highest BCUT2D eigenvalue weighted by molar-refractivity contribution is 5.35. The molecule has 4 heteroatoms. The summed E-state index contributed by atoms with van der Waals surface area (Å²) < 4.78 is 11.2. The number of aromatic nitrogens is 1. The molecule has 0 spiro atoms. The lowest BCUT2D eigenvalue weighted by molar-refractivity contribution is 0.0985. The Labute approximate surface area is 122 Å². The largest absolute Gasteiger partial charge is 0.475 e. The molecule has 20 heavy (non-hydrogen) atoms. The molecule has 0 saturated carbocycles. The fraction of sp³-hybridized carbons (Fsp3) is 0.688. The number of aryl methyl sites for hydroxylation is 2. The van der Waals surface area contributed by atoms with Crippen molar-refractivity contribution in [1.82, 2.24) is 10.3 Å². The molecule has 114 valence electrons. The monoisotopic (exact) mass is 280 g/mol. The summed E-state index contributed by atoms with van der Waals surface area (Å²) in [6.45, 7) is 13.2. The summed E-state index contributed by atoms with van der Waals surface area (Å²) in [5.74, 6) is 0.732. The van der Waals surface area contributed by atoms with Gasteiger partial charge < -0.3 is 14.8 Å². The SMILES string of the molecule is CCCOCCOc1nc(C)cc(C)c1CNC(C)C. The van der Waals surface area contributed by atoms with Gasteiger partial charge in [-0.1, -0.05) is 20.8 Å². The van der Waals surface area contributed by atoms with E-state index >= 15 is 0 Å². The molecule has 0 unspecified atom stereocenters. The van der Waals surface area contributed by atoms with Crippen molar-refractivity contribution in [3.05, 3.63) is 22.9 Å². The third-order valence-electron chi connectivity index (χ3n) is 2.94. The second kappa shape index (κ2) is 8.93. The lowest BCUT2D eigenvalue weighted by Crippen LogP contribution is -2.23. The molecule has 0 aliphatic heterocycles. The second-order valence-electron chi connectivity index (χ2n) is 5.36. The highest BCUT2D eigenvalue weighted by Gasteiger charge is 2.10. The van der Waals surface area contributed by atoms with Gasteiger partial charge in [-0.05, 0) is 31.9 Å².